The minimum Gasteiger partial charge on any atom is -0.480 e. The first kappa shape index (κ1) is 17.1. The predicted molar refractivity (Wildman–Crippen MR) is 98.4 cm³/mol. The number of carbonyl (C=O) groups is 1. The van der Waals surface area contributed by atoms with E-state index in [9.17, 15) is 4.79 Å². The third-order valence-electron chi connectivity index (χ3n) is 4.23. The third kappa shape index (κ3) is 3.47. The highest BCUT2D eigenvalue weighted by Gasteiger charge is 2.34. The standard InChI is InChI=1S/C19H17N5O3/c1-24-17-13(3-2-4-14(17)11-20-24)8-5-12-6-9-15(10-7-12)27-18-16(19(25)26)21-23-22-18/h2-4,6-7,9-11,16,18,21-23H,1H3,(H,25,26). The molecule has 1 aromatic heterocycles. The number of para-hydroxylation sites is 1. The van der Waals surface area contributed by atoms with E-state index in [0.29, 0.717) is 5.75 Å². The molecule has 1 aliphatic rings. The Hall–Kier alpha value is -3.38. The van der Waals surface area contributed by atoms with E-state index in [1.807, 2.05) is 48.3 Å². The van der Waals surface area contributed by atoms with E-state index in [4.69, 9.17) is 9.84 Å². The molecule has 0 radical (unpaired) electrons. The van der Waals surface area contributed by atoms with Gasteiger partial charge in [0.15, 0.2) is 12.3 Å². The largest absolute Gasteiger partial charge is 0.480 e. The second-order valence-electron chi connectivity index (χ2n) is 6.05. The number of nitrogens with zero attached hydrogens (tertiary/aromatic N) is 2. The lowest BCUT2D eigenvalue weighted by Gasteiger charge is -2.16. The van der Waals surface area contributed by atoms with E-state index in [1.165, 1.54) is 0 Å². The average Bonchev–Trinajstić information content (AvgIpc) is 3.28. The first-order valence-corrected chi connectivity index (χ1v) is 8.30. The van der Waals surface area contributed by atoms with E-state index in [1.54, 1.807) is 12.1 Å². The SMILES string of the molecule is Cn1ncc2cccc(C#Cc3ccc(OC4NNNC4C(=O)O)cc3)c21. The summed E-state index contributed by atoms with van der Waals surface area (Å²) in [5, 5.41) is 14.4. The Labute approximate surface area is 155 Å². The second-order valence-corrected chi connectivity index (χ2v) is 6.05. The van der Waals surface area contributed by atoms with Crippen molar-refractivity contribution in [2.75, 3.05) is 0 Å². The smallest absolute Gasteiger partial charge is 0.327 e. The molecule has 1 aliphatic heterocycles. The number of aryl methyl sites for hydroxylation is 1. The van der Waals surface area contributed by atoms with Crippen LogP contribution in [0.5, 0.6) is 5.75 Å². The van der Waals surface area contributed by atoms with Crippen molar-refractivity contribution < 1.29 is 14.6 Å². The van der Waals surface area contributed by atoms with E-state index in [-0.39, 0.29) is 0 Å². The lowest BCUT2D eigenvalue weighted by atomic mass is 10.1. The van der Waals surface area contributed by atoms with Crippen LogP contribution < -0.4 is 21.1 Å². The van der Waals surface area contributed by atoms with Crippen molar-refractivity contribution in [1.29, 1.82) is 0 Å². The molecule has 4 N–H and O–H groups in total. The van der Waals surface area contributed by atoms with Gasteiger partial charge in [0.2, 0.25) is 0 Å². The van der Waals surface area contributed by atoms with Crippen molar-refractivity contribution in [2.24, 2.45) is 7.05 Å². The highest BCUT2D eigenvalue weighted by Crippen LogP contribution is 2.18. The van der Waals surface area contributed by atoms with Crippen LogP contribution in [0, 0.1) is 11.8 Å². The number of rotatable bonds is 3. The molecule has 2 heterocycles. The molecule has 4 rings (SSSR count). The number of benzene rings is 2. The van der Waals surface area contributed by atoms with Gasteiger partial charge in [-0.05, 0) is 30.3 Å². The summed E-state index contributed by atoms with van der Waals surface area (Å²) in [6, 6.07) is 12.2. The highest BCUT2D eigenvalue weighted by molar-refractivity contribution is 5.84. The average molecular weight is 363 g/mol. The Morgan fingerprint density at radius 3 is 2.78 bits per heavy atom. The normalized spacial score (nSPS) is 18.9. The molecule has 1 saturated heterocycles. The van der Waals surface area contributed by atoms with Gasteiger partial charge in [0.25, 0.3) is 0 Å². The van der Waals surface area contributed by atoms with Crippen LogP contribution in [0.1, 0.15) is 11.1 Å². The zero-order chi connectivity index (χ0) is 18.8. The van der Waals surface area contributed by atoms with Crippen LogP contribution in [0.25, 0.3) is 10.9 Å². The van der Waals surface area contributed by atoms with Gasteiger partial charge in [-0.2, -0.15) is 10.6 Å². The van der Waals surface area contributed by atoms with Gasteiger partial charge in [-0.3, -0.25) is 9.48 Å². The van der Waals surface area contributed by atoms with Gasteiger partial charge < -0.3 is 9.84 Å². The van der Waals surface area contributed by atoms with Crippen molar-refractivity contribution >= 4 is 16.9 Å². The number of fused-ring (bicyclic) bond motifs is 1. The summed E-state index contributed by atoms with van der Waals surface area (Å²) in [5.41, 5.74) is 10.6. The van der Waals surface area contributed by atoms with E-state index >= 15 is 0 Å². The zero-order valence-electron chi connectivity index (χ0n) is 14.4. The Kier molecular flexibility index (Phi) is 4.48. The molecule has 2 unspecified atom stereocenters. The van der Waals surface area contributed by atoms with E-state index < -0.39 is 18.2 Å². The summed E-state index contributed by atoms with van der Waals surface area (Å²) in [7, 11) is 1.89. The number of hydrogen-bond acceptors (Lipinski definition) is 6. The van der Waals surface area contributed by atoms with E-state index in [2.05, 4.69) is 33.3 Å². The number of carboxylic acids is 1. The van der Waals surface area contributed by atoms with Gasteiger partial charge in [-0.15, -0.1) is 0 Å². The minimum atomic E-state index is -1.01. The number of nitrogens with one attached hydrogen (secondary N) is 3. The molecule has 3 aromatic rings. The molecule has 27 heavy (non-hydrogen) atoms. The fourth-order valence-corrected chi connectivity index (χ4v) is 2.88. The van der Waals surface area contributed by atoms with Crippen molar-refractivity contribution in [1.82, 2.24) is 26.2 Å². The lowest BCUT2D eigenvalue weighted by molar-refractivity contribution is -0.141. The van der Waals surface area contributed by atoms with Crippen molar-refractivity contribution in [3.8, 4) is 17.6 Å². The number of carboxylic acid groups (broad SMARTS) is 1. The summed E-state index contributed by atoms with van der Waals surface area (Å²) < 4.78 is 7.46. The number of aromatic nitrogens is 2. The second kappa shape index (κ2) is 7.09. The fourth-order valence-electron chi connectivity index (χ4n) is 2.88. The van der Waals surface area contributed by atoms with Gasteiger partial charge in [0.05, 0.1) is 17.3 Å². The molecule has 0 amide bonds. The van der Waals surface area contributed by atoms with Gasteiger partial charge in [0.1, 0.15) is 5.75 Å². The first-order chi connectivity index (χ1) is 13.1. The van der Waals surface area contributed by atoms with Crippen LogP contribution in [0.15, 0.2) is 48.7 Å². The topological polar surface area (TPSA) is 100 Å². The molecule has 8 nitrogen and oxygen atoms in total. The molecule has 0 aliphatic carbocycles. The summed E-state index contributed by atoms with van der Waals surface area (Å²) in [6.07, 6.45) is 1.10. The monoisotopic (exact) mass is 363 g/mol. The summed E-state index contributed by atoms with van der Waals surface area (Å²) in [4.78, 5) is 11.1. The van der Waals surface area contributed by atoms with Crippen molar-refractivity contribution in [2.45, 2.75) is 12.3 Å². The molecule has 0 bridgehead atoms. The lowest BCUT2D eigenvalue weighted by Crippen LogP contribution is -2.44. The van der Waals surface area contributed by atoms with Gasteiger partial charge in [-0.25, -0.2) is 10.9 Å². The van der Waals surface area contributed by atoms with Crippen LogP contribution in [-0.4, -0.2) is 33.1 Å². The number of ether oxygens (including phenoxy) is 1. The molecule has 0 saturated carbocycles. The van der Waals surface area contributed by atoms with Crippen LogP contribution in [0.4, 0.5) is 0 Å². The molecule has 1 fully saturated rings. The first-order valence-electron chi connectivity index (χ1n) is 8.30. The minimum absolute atomic E-state index is 0.545. The molecule has 8 heteroatoms. The third-order valence-corrected chi connectivity index (χ3v) is 4.23. The molecule has 2 aromatic carbocycles. The maximum Gasteiger partial charge on any atom is 0.327 e. The molecular formula is C19H17N5O3. The molecule has 0 spiro atoms. The maximum atomic E-state index is 11.1. The van der Waals surface area contributed by atoms with Gasteiger partial charge in [0, 0.05) is 18.0 Å². The van der Waals surface area contributed by atoms with Crippen LogP contribution in [0.2, 0.25) is 0 Å². The summed E-state index contributed by atoms with van der Waals surface area (Å²) in [5.74, 6) is 5.86. The quantitative estimate of drug-likeness (QED) is 0.510. The van der Waals surface area contributed by atoms with Crippen molar-refractivity contribution in [3.05, 3.63) is 59.8 Å². The van der Waals surface area contributed by atoms with Gasteiger partial charge >= 0.3 is 5.97 Å². The predicted octanol–water partition coefficient (Wildman–Crippen LogP) is 0.744. The Morgan fingerprint density at radius 1 is 1.19 bits per heavy atom. The van der Waals surface area contributed by atoms with E-state index in [0.717, 1.165) is 22.0 Å². The van der Waals surface area contributed by atoms with Crippen molar-refractivity contribution in [3.63, 3.8) is 0 Å². The number of aliphatic carboxylic acids is 1. The Balaban J connectivity index is 1.51. The maximum absolute atomic E-state index is 11.1. The number of hydrogen-bond donors (Lipinski definition) is 4. The highest BCUT2D eigenvalue weighted by atomic mass is 16.5. The molecule has 2 atom stereocenters. The van der Waals surface area contributed by atoms with Gasteiger partial charge in [-0.1, -0.05) is 24.0 Å². The fraction of sp³-hybridized carbons (Fsp3) is 0.158. The molecular weight excluding hydrogens is 346 g/mol. The van der Waals surface area contributed by atoms with Crippen LogP contribution in [0.3, 0.4) is 0 Å². The van der Waals surface area contributed by atoms with Crippen LogP contribution >= 0.6 is 0 Å². The molecule has 136 valence electrons. The Bertz CT molecular complexity index is 1050. The zero-order valence-corrected chi connectivity index (χ0v) is 14.4. The summed E-state index contributed by atoms with van der Waals surface area (Å²) in [6.45, 7) is 0. The van der Waals surface area contributed by atoms with Crippen LogP contribution in [-0.2, 0) is 11.8 Å². The Morgan fingerprint density at radius 2 is 2.00 bits per heavy atom. The summed E-state index contributed by atoms with van der Waals surface area (Å²) >= 11 is 0. The number of hydrazine groups is 2.